The van der Waals surface area contributed by atoms with Crippen molar-refractivity contribution >= 4 is 23.5 Å². The van der Waals surface area contributed by atoms with Gasteiger partial charge in [-0.05, 0) is 23.6 Å². The minimum atomic E-state index is -0.529. The Morgan fingerprint density at radius 2 is 1.77 bits per heavy atom. The minimum Gasteiger partial charge on any atom is -0.456 e. The molecule has 0 unspecified atom stereocenters. The molecule has 0 heterocycles. The molecule has 0 aliphatic heterocycles. The molecule has 0 bridgehead atoms. The Labute approximate surface area is 130 Å². The van der Waals surface area contributed by atoms with Gasteiger partial charge in [-0.3, -0.25) is 14.4 Å². The van der Waals surface area contributed by atoms with Crippen LogP contribution in [-0.2, 0) is 19.1 Å². The molecule has 22 heavy (non-hydrogen) atoms. The number of hydrogen-bond donors (Lipinski definition) is 2. The van der Waals surface area contributed by atoms with Crippen LogP contribution in [0.4, 0.5) is 5.69 Å². The summed E-state index contributed by atoms with van der Waals surface area (Å²) in [4.78, 5) is 33.6. The van der Waals surface area contributed by atoms with Crippen molar-refractivity contribution in [1.82, 2.24) is 5.32 Å². The number of ether oxygens (including phenoxy) is 1. The topological polar surface area (TPSA) is 84.5 Å². The number of amides is 2. The number of anilines is 1. The molecule has 0 atom stereocenters. The number of hydrogen-bond acceptors (Lipinski definition) is 4. The standard InChI is InChI=1S/C16H22N2O4/c1-11(2)13-4-6-14(7-5-13)18-15(20)10-22-16(21)8-9-17-12(3)19/h4-7,11H,8-10H2,1-3H3,(H,17,19)(H,18,20). The number of carbonyl (C=O) groups is 3. The number of nitrogens with one attached hydrogen (secondary N) is 2. The van der Waals surface area contributed by atoms with Crippen molar-refractivity contribution < 1.29 is 19.1 Å². The van der Waals surface area contributed by atoms with Crippen molar-refractivity contribution in [1.29, 1.82) is 0 Å². The maximum Gasteiger partial charge on any atom is 0.308 e. The number of rotatable bonds is 7. The fraction of sp³-hybridized carbons (Fsp3) is 0.438. The van der Waals surface area contributed by atoms with Crippen LogP contribution in [0.5, 0.6) is 0 Å². The quantitative estimate of drug-likeness (QED) is 0.753. The fourth-order valence-electron chi connectivity index (χ4n) is 1.71. The van der Waals surface area contributed by atoms with Crippen LogP contribution in [0.25, 0.3) is 0 Å². The summed E-state index contributed by atoms with van der Waals surface area (Å²) >= 11 is 0. The maximum atomic E-state index is 11.7. The third-order valence-corrected chi connectivity index (χ3v) is 2.93. The lowest BCUT2D eigenvalue weighted by molar-refractivity contribution is -0.147. The van der Waals surface area contributed by atoms with Gasteiger partial charge in [-0.15, -0.1) is 0 Å². The van der Waals surface area contributed by atoms with Gasteiger partial charge in [0.2, 0.25) is 5.91 Å². The molecule has 0 aliphatic rings. The largest absolute Gasteiger partial charge is 0.456 e. The van der Waals surface area contributed by atoms with E-state index in [9.17, 15) is 14.4 Å². The van der Waals surface area contributed by atoms with Crippen molar-refractivity contribution in [3.8, 4) is 0 Å². The fourth-order valence-corrected chi connectivity index (χ4v) is 1.71. The van der Waals surface area contributed by atoms with Crippen molar-refractivity contribution in [3.05, 3.63) is 29.8 Å². The Morgan fingerprint density at radius 3 is 2.32 bits per heavy atom. The summed E-state index contributed by atoms with van der Waals surface area (Å²) in [6.07, 6.45) is 0.0376. The van der Waals surface area contributed by atoms with Gasteiger partial charge in [-0.1, -0.05) is 26.0 Å². The van der Waals surface area contributed by atoms with Gasteiger partial charge in [0.1, 0.15) is 0 Å². The Balaban J connectivity index is 2.31. The number of esters is 1. The summed E-state index contributed by atoms with van der Waals surface area (Å²) < 4.78 is 4.82. The summed E-state index contributed by atoms with van der Waals surface area (Å²) in [7, 11) is 0. The molecule has 0 spiro atoms. The Kier molecular flexibility index (Phi) is 7.08. The molecule has 0 fully saturated rings. The van der Waals surface area contributed by atoms with E-state index in [0.717, 1.165) is 0 Å². The molecule has 0 saturated carbocycles. The van der Waals surface area contributed by atoms with Gasteiger partial charge in [-0.25, -0.2) is 0 Å². The molecule has 0 aliphatic carbocycles. The van der Waals surface area contributed by atoms with Crippen LogP contribution >= 0.6 is 0 Å². The van der Waals surface area contributed by atoms with Gasteiger partial charge in [0, 0.05) is 19.2 Å². The molecule has 1 rings (SSSR count). The third kappa shape index (κ3) is 6.88. The lowest BCUT2D eigenvalue weighted by Gasteiger charge is -2.09. The highest BCUT2D eigenvalue weighted by molar-refractivity contribution is 5.92. The normalized spacial score (nSPS) is 10.2. The van der Waals surface area contributed by atoms with E-state index in [4.69, 9.17) is 4.74 Å². The maximum absolute atomic E-state index is 11.7. The summed E-state index contributed by atoms with van der Waals surface area (Å²) in [6.45, 7) is 5.41. The van der Waals surface area contributed by atoms with Gasteiger partial charge >= 0.3 is 5.97 Å². The summed E-state index contributed by atoms with van der Waals surface area (Å²) in [5.41, 5.74) is 1.84. The van der Waals surface area contributed by atoms with E-state index in [-0.39, 0.29) is 25.5 Å². The van der Waals surface area contributed by atoms with Crippen molar-refractivity contribution in [3.63, 3.8) is 0 Å². The van der Waals surface area contributed by atoms with E-state index in [1.54, 1.807) is 0 Å². The van der Waals surface area contributed by atoms with E-state index in [2.05, 4.69) is 24.5 Å². The van der Waals surface area contributed by atoms with E-state index >= 15 is 0 Å². The first-order valence-electron chi connectivity index (χ1n) is 7.18. The minimum absolute atomic E-state index is 0.0376. The zero-order chi connectivity index (χ0) is 16.5. The van der Waals surface area contributed by atoms with E-state index in [1.807, 2.05) is 24.3 Å². The highest BCUT2D eigenvalue weighted by atomic mass is 16.5. The zero-order valence-corrected chi connectivity index (χ0v) is 13.1. The summed E-state index contributed by atoms with van der Waals surface area (Å²) in [5.74, 6) is -0.714. The average molecular weight is 306 g/mol. The molecule has 120 valence electrons. The van der Waals surface area contributed by atoms with E-state index in [0.29, 0.717) is 11.6 Å². The molecule has 0 saturated heterocycles. The highest BCUT2D eigenvalue weighted by Crippen LogP contribution is 2.16. The highest BCUT2D eigenvalue weighted by Gasteiger charge is 2.08. The van der Waals surface area contributed by atoms with Gasteiger partial charge in [0.05, 0.1) is 6.42 Å². The lowest BCUT2D eigenvalue weighted by atomic mass is 10.0. The van der Waals surface area contributed by atoms with Crippen LogP contribution in [0.1, 0.15) is 38.7 Å². The molecular weight excluding hydrogens is 284 g/mol. The predicted octanol–water partition coefficient (Wildman–Crippen LogP) is 1.82. The molecule has 0 radical (unpaired) electrons. The Bertz CT molecular complexity index is 523. The second-order valence-corrected chi connectivity index (χ2v) is 5.22. The van der Waals surface area contributed by atoms with Gasteiger partial charge < -0.3 is 15.4 Å². The number of carbonyl (C=O) groups excluding carboxylic acids is 3. The van der Waals surface area contributed by atoms with Gasteiger partial charge in [0.15, 0.2) is 6.61 Å². The Hall–Kier alpha value is -2.37. The zero-order valence-electron chi connectivity index (χ0n) is 13.1. The summed E-state index contributed by atoms with van der Waals surface area (Å²) in [6, 6.07) is 7.51. The molecule has 6 heteroatoms. The molecule has 1 aromatic carbocycles. The lowest BCUT2D eigenvalue weighted by Crippen LogP contribution is -2.25. The second-order valence-electron chi connectivity index (χ2n) is 5.22. The predicted molar refractivity (Wildman–Crippen MR) is 83.4 cm³/mol. The first-order valence-corrected chi connectivity index (χ1v) is 7.18. The second kappa shape index (κ2) is 8.81. The Morgan fingerprint density at radius 1 is 1.14 bits per heavy atom. The van der Waals surface area contributed by atoms with Crippen molar-refractivity contribution in [2.45, 2.75) is 33.1 Å². The SMILES string of the molecule is CC(=O)NCCC(=O)OCC(=O)Nc1ccc(C(C)C)cc1. The molecular formula is C16H22N2O4. The van der Waals surface area contributed by atoms with Gasteiger partial charge in [-0.2, -0.15) is 0 Å². The van der Waals surface area contributed by atoms with Crippen LogP contribution in [0, 0.1) is 0 Å². The average Bonchev–Trinajstić information content (AvgIpc) is 2.45. The summed E-state index contributed by atoms with van der Waals surface area (Å²) in [5, 5.41) is 5.13. The first-order chi connectivity index (χ1) is 10.4. The molecule has 0 aromatic heterocycles. The van der Waals surface area contributed by atoms with Crippen LogP contribution in [0.3, 0.4) is 0 Å². The molecule has 1 aromatic rings. The smallest absolute Gasteiger partial charge is 0.308 e. The molecule has 2 N–H and O–H groups in total. The van der Waals surface area contributed by atoms with Gasteiger partial charge in [0.25, 0.3) is 5.91 Å². The van der Waals surface area contributed by atoms with Crippen molar-refractivity contribution in [2.24, 2.45) is 0 Å². The molecule has 6 nitrogen and oxygen atoms in total. The molecule has 2 amide bonds. The van der Waals surface area contributed by atoms with Crippen LogP contribution < -0.4 is 10.6 Å². The van der Waals surface area contributed by atoms with Crippen LogP contribution in [-0.4, -0.2) is 30.9 Å². The number of benzene rings is 1. The van der Waals surface area contributed by atoms with Crippen molar-refractivity contribution in [2.75, 3.05) is 18.5 Å². The third-order valence-electron chi connectivity index (χ3n) is 2.93. The van der Waals surface area contributed by atoms with E-state index in [1.165, 1.54) is 12.5 Å². The van der Waals surface area contributed by atoms with E-state index < -0.39 is 11.9 Å². The first kappa shape index (κ1) is 17.7. The van der Waals surface area contributed by atoms with Crippen LogP contribution in [0.15, 0.2) is 24.3 Å². The van der Waals surface area contributed by atoms with Crippen LogP contribution in [0.2, 0.25) is 0 Å². The monoisotopic (exact) mass is 306 g/mol.